The van der Waals surface area contributed by atoms with Crippen LogP contribution in [0.4, 0.5) is 0 Å². The second-order valence-corrected chi connectivity index (χ2v) is 2.52. The Morgan fingerprint density at radius 2 is 2.67 bits per heavy atom. The van der Waals surface area contributed by atoms with Gasteiger partial charge in [0.25, 0.3) is 0 Å². The number of aliphatic carboxylic acids is 1. The Kier molecular flexibility index (Phi) is 2.82. The first-order chi connectivity index (χ1) is 5.70. The van der Waals surface area contributed by atoms with Gasteiger partial charge in [-0.15, -0.1) is 0 Å². The number of carboxylic acid groups (broad SMARTS) is 1. The van der Waals surface area contributed by atoms with Gasteiger partial charge in [-0.05, 0) is 13.0 Å². The van der Waals surface area contributed by atoms with Crippen molar-refractivity contribution in [3.63, 3.8) is 0 Å². The number of carboxylic acids is 1. The van der Waals surface area contributed by atoms with Gasteiger partial charge in [0.2, 0.25) is 0 Å². The van der Waals surface area contributed by atoms with E-state index < -0.39 is 12.0 Å². The molecule has 1 atom stereocenters. The van der Waals surface area contributed by atoms with Crippen LogP contribution in [-0.4, -0.2) is 27.3 Å². The fourth-order valence-electron chi connectivity index (χ4n) is 0.734. The van der Waals surface area contributed by atoms with Crippen molar-refractivity contribution in [1.29, 1.82) is 0 Å². The highest BCUT2D eigenvalue weighted by Crippen LogP contribution is 1.91. The van der Waals surface area contributed by atoms with Gasteiger partial charge in [-0.3, -0.25) is 15.2 Å². The van der Waals surface area contributed by atoms with Gasteiger partial charge in [-0.25, -0.2) is 0 Å². The maximum absolute atomic E-state index is 10.4. The van der Waals surface area contributed by atoms with E-state index in [0.717, 1.165) is 5.69 Å². The monoisotopic (exact) mass is 169 g/mol. The molecule has 3 N–H and O–H groups in total. The second kappa shape index (κ2) is 3.87. The van der Waals surface area contributed by atoms with Crippen LogP contribution in [0.3, 0.4) is 0 Å². The average molecular weight is 169 g/mol. The molecule has 5 heteroatoms. The van der Waals surface area contributed by atoms with E-state index in [1.807, 2.05) is 0 Å². The molecule has 0 radical (unpaired) electrons. The number of nitrogens with one attached hydrogen (secondary N) is 2. The van der Waals surface area contributed by atoms with Crippen molar-refractivity contribution >= 4 is 5.97 Å². The number of aromatic nitrogens is 2. The molecule has 0 aliphatic heterocycles. The van der Waals surface area contributed by atoms with Crippen LogP contribution in [0, 0.1) is 0 Å². The minimum atomic E-state index is -0.852. The number of hydrogen-bond donors (Lipinski definition) is 3. The summed E-state index contributed by atoms with van der Waals surface area (Å²) in [6.45, 7) is 2.09. The van der Waals surface area contributed by atoms with E-state index in [9.17, 15) is 4.79 Å². The molecule has 1 unspecified atom stereocenters. The molecule has 0 aliphatic carbocycles. The summed E-state index contributed by atoms with van der Waals surface area (Å²) in [6, 6.07) is 1.26. The summed E-state index contributed by atoms with van der Waals surface area (Å²) in [7, 11) is 0. The molecule has 0 spiro atoms. The third-order valence-electron chi connectivity index (χ3n) is 1.53. The molecule has 0 bridgehead atoms. The zero-order valence-corrected chi connectivity index (χ0v) is 6.74. The fraction of sp³-hybridized carbons (Fsp3) is 0.429. The lowest BCUT2D eigenvalue weighted by Crippen LogP contribution is -2.33. The van der Waals surface area contributed by atoms with E-state index >= 15 is 0 Å². The molecule has 0 saturated carbocycles. The molecule has 1 rings (SSSR count). The van der Waals surface area contributed by atoms with Crippen LogP contribution in [0.15, 0.2) is 12.3 Å². The lowest BCUT2D eigenvalue weighted by atomic mass is 10.3. The zero-order valence-electron chi connectivity index (χ0n) is 6.74. The molecule has 0 fully saturated rings. The molecule has 0 aromatic carbocycles. The van der Waals surface area contributed by atoms with Crippen LogP contribution in [0.1, 0.15) is 12.6 Å². The standard InChI is InChI=1S/C7H11N3O2/c1-5(7(11)12)8-4-6-2-3-9-10-6/h2-3,5,8H,4H2,1H3,(H,9,10)(H,11,12). The molecule has 12 heavy (non-hydrogen) atoms. The first-order valence-corrected chi connectivity index (χ1v) is 3.64. The Labute approximate surface area is 69.8 Å². The number of hydrogen-bond acceptors (Lipinski definition) is 3. The first kappa shape index (κ1) is 8.73. The predicted molar refractivity (Wildman–Crippen MR) is 42.5 cm³/mol. The third-order valence-corrected chi connectivity index (χ3v) is 1.53. The van der Waals surface area contributed by atoms with Crippen molar-refractivity contribution in [1.82, 2.24) is 15.5 Å². The van der Waals surface area contributed by atoms with Crippen molar-refractivity contribution < 1.29 is 9.90 Å². The van der Waals surface area contributed by atoms with Crippen molar-refractivity contribution in [3.05, 3.63) is 18.0 Å². The number of nitrogens with zero attached hydrogens (tertiary/aromatic N) is 1. The van der Waals surface area contributed by atoms with E-state index in [4.69, 9.17) is 5.11 Å². The number of H-pyrrole nitrogens is 1. The highest BCUT2D eigenvalue weighted by atomic mass is 16.4. The minimum Gasteiger partial charge on any atom is -0.480 e. The quantitative estimate of drug-likeness (QED) is 0.591. The van der Waals surface area contributed by atoms with Gasteiger partial charge in [-0.1, -0.05) is 0 Å². The summed E-state index contributed by atoms with van der Waals surface area (Å²) in [5, 5.41) is 17.8. The van der Waals surface area contributed by atoms with Crippen LogP contribution in [0.25, 0.3) is 0 Å². The molecule has 0 saturated heterocycles. The van der Waals surface area contributed by atoms with E-state index in [1.165, 1.54) is 0 Å². The van der Waals surface area contributed by atoms with Crippen LogP contribution in [0.2, 0.25) is 0 Å². The summed E-state index contributed by atoms with van der Waals surface area (Å²) in [4.78, 5) is 10.4. The van der Waals surface area contributed by atoms with Gasteiger partial charge < -0.3 is 5.11 Å². The summed E-state index contributed by atoms with van der Waals surface area (Å²) in [6.07, 6.45) is 1.63. The highest BCUT2D eigenvalue weighted by molar-refractivity contribution is 5.72. The minimum absolute atomic E-state index is 0.494. The Hall–Kier alpha value is -1.36. The van der Waals surface area contributed by atoms with Crippen LogP contribution < -0.4 is 5.32 Å². The maximum atomic E-state index is 10.4. The van der Waals surface area contributed by atoms with Gasteiger partial charge in [0.05, 0.1) is 0 Å². The van der Waals surface area contributed by atoms with Crippen molar-refractivity contribution in [2.24, 2.45) is 0 Å². The zero-order chi connectivity index (χ0) is 8.97. The largest absolute Gasteiger partial charge is 0.480 e. The fourth-order valence-corrected chi connectivity index (χ4v) is 0.734. The summed E-state index contributed by atoms with van der Waals surface area (Å²) >= 11 is 0. The number of aromatic amines is 1. The maximum Gasteiger partial charge on any atom is 0.320 e. The Morgan fingerprint density at radius 3 is 3.17 bits per heavy atom. The smallest absolute Gasteiger partial charge is 0.320 e. The molecule has 1 aromatic heterocycles. The third kappa shape index (κ3) is 2.35. The molecule has 66 valence electrons. The Bertz CT molecular complexity index is 245. The van der Waals surface area contributed by atoms with Gasteiger partial charge in [-0.2, -0.15) is 5.10 Å². The molecular formula is C7H11N3O2. The second-order valence-electron chi connectivity index (χ2n) is 2.52. The molecule has 1 heterocycles. The normalized spacial score (nSPS) is 12.8. The van der Waals surface area contributed by atoms with Crippen molar-refractivity contribution in [2.75, 3.05) is 0 Å². The van der Waals surface area contributed by atoms with Crippen molar-refractivity contribution in [2.45, 2.75) is 19.5 Å². The van der Waals surface area contributed by atoms with E-state index in [-0.39, 0.29) is 0 Å². The van der Waals surface area contributed by atoms with Gasteiger partial charge >= 0.3 is 5.97 Å². The van der Waals surface area contributed by atoms with Crippen LogP contribution >= 0.6 is 0 Å². The van der Waals surface area contributed by atoms with Crippen LogP contribution in [0.5, 0.6) is 0 Å². The van der Waals surface area contributed by atoms with Gasteiger partial charge in [0.15, 0.2) is 0 Å². The van der Waals surface area contributed by atoms with E-state index in [1.54, 1.807) is 19.2 Å². The first-order valence-electron chi connectivity index (χ1n) is 3.64. The van der Waals surface area contributed by atoms with E-state index in [2.05, 4.69) is 15.5 Å². The molecule has 1 aromatic rings. The molecule has 0 aliphatic rings. The average Bonchev–Trinajstić information content (AvgIpc) is 2.51. The van der Waals surface area contributed by atoms with Gasteiger partial charge in [0, 0.05) is 18.4 Å². The Balaban J connectivity index is 2.31. The van der Waals surface area contributed by atoms with E-state index in [0.29, 0.717) is 6.54 Å². The van der Waals surface area contributed by atoms with Gasteiger partial charge in [0.1, 0.15) is 6.04 Å². The highest BCUT2D eigenvalue weighted by Gasteiger charge is 2.08. The predicted octanol–water partition coefficient (Wildman–Crippen LogP) is -0.0276. The molecule has 0 amide bonds. The van der Waals surface area contributed by atoms with Crippen LogP contribution in [-0.2, 0) is 11.3 Å². The lowest BCUT2D eigenvalue weighted by molar-refractivity contribution is -0.139. The molecule has 5 nitrogen and oxygen atoms in total. The summed E-state index contributed by atoms with van der Waals surface area (Å²) in [5.41, 5.74) is 0.878. The topological polar surface area (TPSA) is 78.0 Å². The summed E-state index contributed by atoms with van der Waals surface area (Å²) in [5.74, 6) is -0.852. The SMILES string of the molecule is CC(NCc1ccn[nH]1)C(=O)O. The van der Waals surface area contributed by atoms with Crippen molar-refractivity contribution in [3.8, 4) is 0 Å². The number of carbonyl (C=O) groups is 1. The summed E-state index contributed by atoms with van der Waals surface area (Å²) < 4.78 is 0. The molecular weight excluding hydrogens is 158 g/mol. The lowest BCUT2D eigenvalue weighted by Gasteiger charge is -2.06. The number of rotatable bonds is 4. The Morgan fingerprint density at radius 1 is 1.92 bits per heavy atom.